The molecule has 0 bridgehead atoms. The molecule has 1 heterocycles. The van der Waals surface area contributed by atoms with Crippen molar-refractivity contribution in [1.82, 2.24) is 15.1 Å². The first-order valence-electron chi connectivity index (χ1n) is 6.92. The molecule has 2 aromatic rings. The molecule has 1 aromatic carbocycles. The summed E-state index contributed by atoms with van der Waals surface area (Å²) < 4.78 is 54.5. The summed E-state index contributed by atoms with van der Waals surface area (Å²) in [5.74, 6) is -6.61. The Bertz CT molecular complexity index is 728. The third-order valence-electron chi connectivity index (χ3n) is 3.08. The molecule has 1 amide bonds. The lowest BCUT2D eigenvalue weighted by atomic mass is 10.1. The van der Waals surface area contributed by atoms with Crippen molar-refractivity contribution >= 4 is 5.91 Å². The fraction of sp³-hybridized carbons (Fsp3) is 0.333. The monoisotopic (exact) mass is 329 g/mol. The maximum atomic E-state index is 13.5. The van der Waals surface area contributed by atoms with Crippen molar-refractivity contribution in [2.45, 2.75) is 26.9 Å². The van der Waals surface area contributed by atoms with Crippen molar-refractivity contribution in [2.24, 2.45) is 5.92 Å². The molecule has 8 heteroatoms. The standard InChI is InChI=1S/C15H15F4N3O/c1-8(2)6-22-7-9(4-21-22)15(23)20-5-10-11(16)3-12(17)14(19)13(10)18/h3-4,7-8H,5-6H2,1-2H3,(H,20,23). The fourth-order valence-electron chi connectivity index (χ4n) is 1.99. The van der Waals surface area contributed by atoms with E-state index in [-0.39, 0.29) is 11.6 Å². The lowest BCUT2D eigenvalue weighted by molar-refractivity contribution is 0.0950. The van der Waals surface area contributed by atoms with Gasteiger partial charge in [0, 0.05) is 30.9 Å². The first kappa shape index (κ1) is 17.0. The summed E-state index contributed by atoms with van der Waals surface area (Å²) in [5.41, 5.74) is -0.541. The van der Waals surface area contributed by atoms with E-state index in [2.05, 4.69) is 10.4 Å². The highest BCUT2D eigenvalue weighted by molar-refractivity contribution is 5.93. The summed E-state index contributed by atoms with van der Waals surface area (Å²) in [6.07, 6.45) is 2.81. The molecule has 0 aliphatic rings. The Kier molecular flexibility index (Phi) is 5.02. The second-order valence-corrected chi connectivity index (χ2v) is 5.47. The van der Waals surface area contributed by atoms with Crippen LogP contribution in [-0.2, 0) is 13.1 Å². The second-order valence-electron chi connectivity index (χ2n) is 5.47. The van der Waals surface area contributed by atoms with Crippen LogP contribution in [0.1, 0.15) is 29.8 Å². The van der Waals surface area contributed by atoms with Crippen molar-refractivity contribution < 1.29 is 22.4 Å². The number of carbonyl (C=O) groups excluding carboxylic acids is 1. The number of nitrogens with zero attached hydrogens (tertiary/aromatic N) is 2. The third-order valence-corrected chi connectivity index (χ3v) is 3.08. The lowest BCUT2D eigenvalue weighted by Gasteiger charge is -2.08. The smallest absolute Gasteiger partial charge is 0.254 e. The largest absolute Gasteiger partial charge is 0.348 e. The van der Waals surface area contributed by atoms with E-state index in [1.807, 2.05) is 13.8 Å². The number of halogens is 4. The van der Waals surface area contributed by atoms with Gasteiger partial charge in [-0.25, -0.2) is 17.6 Å². The maximum absolute atomic E-state index is 13.5. The molecule has 0 aliphatic carbocycles. The van der Waals surface area contributed by atoms with E-state index < -0.39 is 41.3 Å². The molecular weight excluding hydrogens is 314 g/mol. The Hall–Kier alpha value is -2.38. The molecule has 0 spiro atoms. The Labute approximate surface area is 130 Å². The molecule has 0 saturated carbocycles. The molecule has 4 nitrogen and oxygen atoms in total. The number of aromatic nitrogens is 2. The molecule has 0 saturated heterocycles. The molecular formula is C15H15F4N3O. The van der Waals surface area contributed by atoms with E-state index in [1.165, 1.54) is 12.4 Å². The zero-order valence-electron chi connectivity index (χ0n) is 12.5. The summed E-state index contributed by atoms with van der Waals surface area (Å²) in [6, 6.07) is 0.237. The normalized spacial score (nSPS) is 11.1. The minimum absolute atomic E-state index is 0.203. The van der Waals surface area contributed by atoms with Crippen LogP contribution in [0.3, 0.4) is 0 Å². The average molecular weight is 329 g/mol. The van der Waals surface area contributed by atoms with Crippen molar-refractivity contribution in [2.75, 3.05) is 0 Å². The Morgan fingerprint density at radius 1 is 1.22 bits per heavy atom. The summed E-state index contributed by atoms with van der Waals surface area (Å²) in [6.45, 7) is 3.97. The molecule has 0 radical (unpaired) electrons. The van der Waals surface area contributed by atoms with Gasteiger partial charge in [0.15, 0.2) is 17.5 Å². The summed E-state index contributed by atoms with van der Waals surface area (Å²) in [5, 5.41) is 6.24. The summed E-state index contributed by atoms with van der Waals surface area (Å²) in [4.78, 5) is 11.9. The second kappa shape index (κ2) is 6.80. The van der Waals surface area contributed by atoms with E-state index in [4.69, 9.17) is 0 Å². The molecule has 0 fully saturated rings. The predicted molar refractivity (Wildman–Crippen MR) is 74.5 cm³/mol. The lowest BCUT2D eigenvalue weighted by Crippen LogP contribution is -2.24. The van der Waals surface area contributed by atoms with E-state index >= 15 is 0 Å². The van der Waals surface area contributed by atoms with Gasteiger partial charge < -0.3 is 5.32 Å². The number of nitrogens with one attached hydrogen (secondary N) is 1. The van der Waals surface area contributed by atoms with Gasteiger partial charge in [-0.1, -0.05) is 13.8 Å². The van der Waals surface area contributed by atoms with E-state index in [0.717, 1.165) is 0 Å². The molecule has 1 aromatic heterocycles. The summed E-state index contributed by atoms with van der Waals surface area (Å²) in [7, 11) is 0. The van der Waals surface area contributed by atoms with Gasteiger partial charge >= 0.3 is 0 Å². The van der Waals surface area contributed by atoms with Crippen molar-refractivity contribution in [3.05, 3.63) is 52.9 Å². The van der Waals surface area contributed by atoms with Crippen LogP contribution in [0.5, 0.6) is 0 Å². The van der Waals surface area contributed by atoms with E-state index in [9.17, 15) is 22.4 Å². The number of hydrogen-bond acceptors (Lipinski definition) is 2. The molecule has 0 aliphatic heterocycles. The van der Waals surface area contributed by atoms with Gasteiger partial charge in [0.05, 0.1) is 11.8 Å². The number of carbonyl (C=O) groups is 1. The maximum Gasteiger partial charge on any atom is 0.254 e. The Balaban J connectivity index is 2.08. The van der Waals surface area contributed by atoms with Gasteiger partial charge in [-0.3, -0.25) is 9.48 Å². The molecule has 0 unspecified atom stereocenters. The molecule has 2 rings (SSSR count). The predicted octanol–water partition coefficient (Wildman–Crippen LogP) is 3.03. The zero-order valence-corrected chi connectivity index (χ0v) is 12.5. The van der Waals surface area contributed by atoms with Crippen LogP contribution in [0.25, 0.3) is 0 Å². The Morgan fingerprint density at radius 3 is 2.57 bits per heavy atom. The highest BCUT2D eigenvalue weighted by atomic mass is 19.2. The van der Waals surface area contributed by atoms with Gasteiger partial charge in [-0.05, 0) is 5.92 Å². The van der Waals surface area contributed by atoms with E-state index in [1.54, 1.807) is 4.68 Å². The van der Waals surface area contributed by atoms with Crippen LogP contribution in [0, 0.1) is 29.2 Å². The highest BCUT2D eigenvalue weighted by Gasteiger charge is 2.19. The number of benzene rings is 1. The highest BCUT2D eigenvalue weighted by Crippen LogP contribution is 2.19. The van der Waals surface area contributed by atoms with Gasteiger partial charge in [0.2, 0.25) is 0 Å². The third kappa shape index (κ3) is 3.88. The minimum atomic E-state index is -1.78. The summed E-state index contributed by atoms with van der Waals surface area (Å²) >= 11 is 0. The van der Waals surface area contributed by atoms with Crippen LogP contribution in [0.4, 0.5) is 17.6 Å². The van der Waals surface area contributed by atoms with Gasteiger partial charge in [-0.15, -0.1) is 0 Å². The van der Waals surface area contributed by atoms with Crippen LogP contribution in [0.15, 0.2) is 18.5 Å². The first-order chi connectivity index (χ1) is 10.8. The Morgan fingerprint density at radius 2 is 1.91 bits per heavy atom. The van der Waals surface area contributed by atoms with Crippen LogP contribution < -0.4 is 5.32 Å². The van der Waals surface area contributed by atoms with Crippen molar-refractivity contribution in [1.29, 1.82) is 0 Å². The molecule has 1 N–H and O–H groups in total. The van der Waals surface area contributed by atoms with Gasteiger partial charge in [-0.2, -0.15) is 5.10 Å². The number of rotatable bonds is 5. The van der Waals surface area contributed by atoms with Crippen LogP contribution in [-0.4, -0.2) is 15.7 Å². The average Bonchev–Trinajstić information content (AvgIpc) is 2.92. The topological polar surface area (TPSA) is 46.9 Å². The quantitative estimate of drug-likeness (QED) is 0.521. The molecule has 124 valence electrons. The fourth-order valence-corrected chi connectivity index (χ4v) is 1.99. The zero-order chi connectivity index (χ0) is 17.1. The van der Waals surface area contributed by atoms with Gasteiger partial charge in [0.1, 0.15) is 5.82 Å². The number of amides is 1. The van der Waals surface area contributed by atoms with Gasteiger partial charge in [0.25, 0.3) is 5.91 Å². The van der Waals surface area contributed by atoms with Crippen LogP contribution in [0.2, 0.25) is 0 Å². The van der Waals surface area contributed by atoms with Crippen molar-refractivity contribution in [3.8, 4) is 0 Å². The molecule has 23 heavy (non-hydrogen) atoms. The van der Waals surface area contributed by atoms with E-state index in [0.29, 0.717) is 12.5 Å². The minimum Gasteiger partial charge on any atom is -0.348 e. The SMILES string of the molecule is CC(C)Cn1cc(C(=O)NCc2c(F)cc(F)c(F)c2F)cn1. The number of hydrogen-bond donors (Lipinski definition) is 1. The van der Waals surface area contributed by atoms with Crippen LogP contribution >= 0.6 is 0 Å². The van der Waals surface area contributed by atoms with Crippen molar-refractivity contribution in [3.63, 3.8) is 0 Å². The first-order valence-corrected chi connectivity index (χ1v) is 6.92. The molecule has 0 atom stereocenters.